The first-order chi connectivity index (χ1) is 12.8. The van der Waals surface area contributed by atoms with Gasteiger partial charge in [0.15, 0.2) is 0 Å². The lowest BCUT2D eigenvalue weighted by Gasteiger charge is -2.16. The molecule has 2 aromatic carbocycles. The first-order valence-corrected chi connectivity index (χ1v) is 11.0. The lowest BCUT2D eigenvalue weighted by atomic mass is 9.89. The Morgan fingerprint density at radius 2 is 1.35 bits per heavy atom. The van der Waals surface area contributed by atoms with Gasteiger partial charge in [0.2, 0.25) is 0 Å². The van der Waals surface area contributed by atoms with Crippen LogP contribution in [0.3, 0.4) is 0 Å². The van der Waals surface area contributed by atoms with Crippen molar-refractivity contribution in [2.75, 3.05) is 0 Å². The summed E-state index contributed by atoms with van der Waals surface area (Å²) in [7, 11) is 0. The molecular weight excluding hydrogens is 312 g/mol. The number of hydrogen-bond acceptors (Lipinski definition) is 0. The normalized spacial score (nSPS) is 11.0. The highest BCUT2D eigenvalue weighted by molar-refractivity contribution is 5.69. The molecule has 0 N–H and O–H groups in total. The molecule has 0 amide bonds. The van der Waals surface area contributed by atoms with Gasteiger partial charge in [-0.15, -0.1) is 0 Å². The van der Waals surface area contributed by atoms with Crippen molar-refractivity contribution in [3.05, 3.63) is 59.2 Å². The largest absolute Gasteiger partial charge is 0.0654 e. The van der Waals surface area contributed by atoms with Crippen molar-refractivity contribution in [3.63, 3.8) is 0 Å². The van der Waals surface area contributed by atoms with Crippen LogP contribution in [0.25, 0.3) is 11.1 Å². The van der Waals surface area contributed by atoms with E-state index in [0.717, 1.165) is 6.42 Å². The summed E-state index contributed by atoms with van der Waals surface area (Å²) < 4.78 is 0. The topological polar surface area (TPSA) is 0 Å². The molecule has 0 heteroatoms. The zero-order valence-electron chi connectivity index (χ0n) is 17.3. The third kappa shape index (κ3) is 6.31. The molecule has 0 heterocycles. The van der Waals surface area contributed by atoms with Gasteiger partial charge in [0.1, 0.15) is 0 Å². The summed E-state index contributed by atoms with van der Waals surface area (Å²) in [4.78, 5) is 0. The van der Waals surface area contributed by atoms with Gasteiger partial charge in [-0.25, -0.2) is 0 Å². The molecule has 2 aromatic rings. The molecule has 0 atom stereocenters. The maximum Gasteiger partial charge on any atom is -0.0149 e. The van der Waals surface area contributed by atoms with Gasteiger partial charge in [-0.05, 0) is 59.9 Å². The van der Waals surface area contributed by atoms with Crippen LogP contribution in [0.15, 0.2) is 42.5 Å². The van der Waals surface area contributed by atoms with Crippen molar-refractivity contribution in [3.8, 4) is 11.1 Å². The van der Waals surface area contributed by atoms with Crippen LogP contribution in [0.2, 0.25) is 0 Å². The van der Waals surface area contributed by atoms with E-state index in [1.165, 1.54) is 80.9 Å². The average Bonchev–Trinajstić information content (AvgIpc) is 2.69. The minimum absolute atomic E-state index is 1.11. The summed E-state index contributed by atoms with van der Waals surface area (Å²) in [5.41, 5.74) is 7.54. The molecule has 0 saturated heterocycles. The molecule has 0 saturated carbocycles. The predicted molar refractivity (Wildman–Crippen MR) is 117 cm³/mol. The summed E-state index contributed by atoms with van der Waals surface area (Å²) in [6.07, 6.45) is 14.3. The van der Waals surface area contributed by atoms with Gasteiger partial charge in [-0.2, -0.15) is 0 Å². The third-order valence-electron chi connectivity index (χ3n) is 5.50. The summed E-state index contributed by atoms with van der Waals surface area (Å²) in [6.45, 7) is 6.83. The summed E-state index contributed by atoms with van der Waals surface area (Å²) >= 11 is 0. The van der Waals surface area contributed by atoms with Crippen LogP contribution in [0.5, 0.6) is 0 Å². The Labute approximate surface area is 162 Å². The molecule has 0 unspecified atom stereocenters. The van der Waals surface area contributed by atoms with E-state index in [-0.39, 0.29) is 0 Å². The van der Waals surface area contributed by atoms with Gasteiger partial charge in [-0.1, -0.05) is 102 Å². The van der Waals surface area contributed by atoms with E-state index >= 15 is 0 Å². The monoisotopic (exact) mass is 350 g/mol. The Balaban J connectivity index is 2.26. The van der Waals surface area contributed by atoms with E-state index in [2.05, 4.69) is 63.2 Å². The lowest BCUT2D eigenvalue weighted by Crippen LogP contribution is -1.99. The van der Waals surface area contributed by atoms with Gasteiger partial charge < -0.3 is 0 Å². The summed E-state index contributed by atoms with van der Waals surface area (Å²) in [5.74, 6) is 0. The van der Waals surface area contributed by atoms with Crippen molar-refractivity contribution in [1.82, 2.24) is 0 Å². The molecule has 0 nitrogen and oxygen atoms in total. The van der Waals surface area contributed by atoms with Gasteiger partial charge in [0.25, 0.3) is 0 Å². The van der Waals surface area contributed by atoms with E-state index < -0.39 is 0 Å². The van der Waals surface area contributed by atoms with Gasteiger partial charge in [-0.3, -0.25) is 0 Å². The minimum atomic E-state index is 1.11. The molecule has 142 valence electrons. The average molecular weight is 351 g/mol. The zero-order valence-corrected chi connectivity index (χ0v) is 17.3. The predicted octanol–water partition coefficient (Wildman–Crippen LogP) is 8.16. The second kappa shape index (κ2) is 11.9. The van der Waals surface area contributed by atoms with E-state index in [9.17, 15) is 0 Å². The second-order valence-electron chi connectivity index (χ2n) is 7.62. The number of benzene rings is 2. The molecule has 0 bridgehead atoms. The molecule has 0 aromatic heterocycles. The maximum atomic E-state index is 2.39. The molecule has 0 fully saturated rings. The van der Waals surface area contributed by atoms with Crippen LogP contribution in [-0.4, -0.2) is 0 Å². The van der Waals surface area contributed by atoms with Gasteiger partial charge in [0, 0.05) is 0 Å². The molecule has 0 aliphatic heterocycles. The van der Waals surface area contributed by atoms with Crippen LogP contribution < -0.4 is 0 Å². The fourth-order valence-electron chi connectivity index (χ4n) is 3.86. The molecule has 0 spiro atoms. The minimum Gasteiger partial charge on any atom is -0.0654 e. The molecule has 2 rings (SSSR count). The second-order valence-corrected chi connectivity index (χ2v) is 7.62. The number of rotatable bonds is 12. The molecule has 0 radical (unpaired) electrons. The SMILES string of the molecule is CCCCCCc1cccc(-c2cccc(CC)c2)c1CCCCCC. The summed E-state index contributed by atoms with van der Waals surface area (Å²) in [5, 5.41) is 0. The standard InChI is InChI=1S/C26H38/c1-4-7-9-11-16-23-17-14-20-26(25(23)19-12-10-8-5-2)24-18-13-15-22(6-3)21-24/h13-15,17-18,20-21H,4-12,16,19H2,1-3H3. The highest BCUT2D eigenvalue weighted by Crippen LogP contribution is 2.30. The lowest BCUT2D eigenvalue weighted by molar-refractivity contribution is 0.651. The number of aryl methyl sites for hydroxylation is 2. The van der Waals surface area contributed by atoms with E-state index in [0.29, 0.717) is 0 Å². The Bertz CT molecular complexity index is 638. The Morgan fingerprint density at radius 3 is 2.04 bits per heavy atom. The van der Waals surface area contributed by atoms with Crippen LogP contribution in [0, 0.1) is 0 Å². The summed E-state index contributed by atoms with van der Waals surface area (Å²) in [6, 6.07) is 16.2. The maximum absolute atomic E-state index is 2.39. The van der Waals surface area contributed by atoms with Crippen molar-refractivity contribution in [2.45, 2.75) is 91.4 Å². The van der Waals surface area contributed by atoms with E-state index in [4.69, 9.17) is 0 Å². The first kappa shape index (κ1) is 20.7. The van der Waals surface area contributed by atoms with Gasteiger partial charge in [0.05, 0.1) is 0 Å². The highest BCUT2D eigenvalue weighted by Gasteiger charge is 2.10. The van der Waals surface area contributed by atoms with E-state index in [1.807, 2.05) is 0 Å². The first-order valence-electron chi connectivity index (χ1n) is 11.0. The van der Waals surface area contributed by atoms with Crippen molar-refractivity contribution >= 4 is 0 Å². The van der Waals surface area contributed by atoms with Crippen molar-refractivity contribution in [1.29, 1.82) is 0 Å². The molecule has 0 aliphatic carbocycles. The van der Waals surface area contributed by atoms with E-state index in [1.54, 1.807) is 11.1 Å². The Morgan fingerprint density at radius 1 is 0.654 bits per heavy atom. The molecule has 0 aliphatic rings. The van der Waals surface area contributed by atoms with Crippen molar-refractivity contribution < 1.29 is 0 Å². The molecule has 26 heavy (non-hydrogen) atoms. The zero-order chi connectivity index (χ0) is 18.6. The number of unbranched alkanes of at least 4 members (excludes halogenated alkanes) is 6. The van der Waals surface area contributed by atoms with Crippen LogP contribution >= 0.6 is 0 Å². The Hall–Kier alpha value is -1.56. The van der Waals surface area contributed by atoms with Crippen molar-refractivity contribution in [2.24, 2.45) is 0 Å². The van der Waals surface area contributed by atoms with Crippen LogP contribution in [0.1, 0.15) is 88.8 Å². The van der Waals surface area contributed by atoms with Crippen LogP contribution in [-0.2, 0) is 19.3 Å². The molecular formula is C26H38. The highest BCUT2D eigenvalue weighted by atomic mass is 14.2. The third-order valence-corrected chi connectivity index (χ3v) is 5.50. The van der Waals surface area contributed by atoms with Gasteiger partial charge >= 0.3 is 0 Å². The van der Waals surface area contributed by atoms with Crippen LogP contribution in [0.4, 0.5) is 0 Å². The fourth-order valence-corrected chi connectivity index (χ4v) is 3.86. The fraction of sp³-hybridized carbons (Fsp3) is 0.538. The Kier molecular flexibility index (Phi) is 9.53. The number of hydrogen-bond donors (Lipinski definition) is 0. The smallest absolute Gasteiger partial charge is 0.0149 e. The quantitative estimate of drug-likeness (QED) is 0.339.